The first-order valence-corrected chi connectivity index (χ1v) is 9.10. The second-order valence-electron chi connectivity index (χ2n) is 6.95. The van der Waals surface area contributed by atoms with E-state index < -0.39 is 0 Å². The molecule has 0 radical (unpaired) electrons. The number of para-hydroxylation sites is 2. The Kier molecular flexibility index (Phi) is 4.53. The number of piperazine rings is 1. The van der Waals surface area contributed by atoms with Crippen LogP contribution in [0.25, 0.3) is 0 Å². The summed E-state index contributed by atoms with van der Waals surface area (Å²) in [6.45, 7) is 2.95. The molecule has 0 aromatic heterocycles. The van der Waals surface area contributed by atoms with Gasteiger partial charge in [0.1, 0.15) is 11.6 Å². The fourth-order valence-corrected chi connectivity index (χ4v) is 3.88. The molecule has 2 atom stereocenters. The largest absolute Gasteiger partial charge is 0.495 e. The van der Waals surface area contributed by atoms with Gasteiger partial charge in [-0.2, -0.15) is 0 Å². The molecule has 2 aromatic carbocycles. The van der Waals surface area contributed by atoms with Crippen molar-refractivity contribution >= 4 is 11.6 Å². The molecule has 26 heavy (non-hydrogen) atoms. The Morgan fingerprint density at radius 2 is 1.73 bits per heavy atom. The quantitative estimate of drug-likeness (QED) is 0.845. The lowest BCUT2D eigenvalue weighted by Gasteiger charge is -2.36. The van der Waals surface area contributed by atoms with E-state index in [2.05, 4.69) is 4.90 Å². The third kappa shape index (κ3) is 3.14. The Balaban J connectivity index is 1.37. The van der Waals surface area contributed by atoms with Crippen molar-refractivity contribution in [1.29, 1.82) is 0 Å². The fraction of sp³-hybridized carbons (Fsp3) is 0.381. The molecule has 1 saturated heterocycles. The summed E-state index contributed by atoms with van der Waals surface area (Å²) >= 11 is 0. The number of amides is 1. The summed E-state index contributed by atoms with van der Waals surface area (Å²) < 4.78 is 19.4. The summed E-state index contributed by atoms with van der Waals surface area (Å²) in [5.74, 6) is 0.793. The third-order valence-corrected chi connectivity index (χ3v) is 5.43. The van der Waals surface area contributed by atoms with E-state index in [0.717, 1.165) is 30.9 Å². The van der Waals surface area contributed by atoms with Crippen molar-refractivity contribution in [3.8, 4) is 5.75 Å². The van der Waals surface area contributed by atoms with Crippen LogP contribution < -0.4 is 9.64 Å². The van der Waals surface area contributed by atoms with Gasteiger partial charge in [-0.3, -0.25) is 4.79 Å². The monoisotopic (exact) mass is 354 g/mol. The van der Waals surface area contributed by atoms with Crippen molar-refractivity contribution in [2.24, 2.45) is 5.92 Å². The Hall–Kier alpha value is -2.56. The van der Waals surface area contributed by atoms with Crippen molar-refractivity contribution in [3.63, 3.8) is 0 Å². The number of hydrogen-bond donors (Lipinski definition) is 0. The number of ether oxygens (including phenoxy) is 1. The zero-order valence-corrected chi connectivity index (χ0v) is 14.9. The predicted octanol–water partition coefficient (Wildman–Crippen LogP) is 3.29. The fourth-order valence-electron chi connectivity index (χ4n) is 3.88. The average molecular weight is 354 g/mol. The minimum Gasteiger partial charge on any atom is -0.495 e. The Bertz CT molecular complexity index is 802. The van der Waals surface area contributed by atoms with Crippen LogP contribution in [0, 0.1) is 11.7 Å². The van der Waals surface area contributed by atoms with Crippen LogP contribution in [0.3, 0.4) is 0 Å². The third-order valence-electron chi connectivity index (χ3n) is 5.43. The lowest BCUT2D eigenvalue weighted by molar-refractivity contribution is -0.132. The Morgan fingerprint density at radius 1 is 1.04 bits per heavy atom. The molecule has 2 aromatic rings. The molecule has 1 saturated carbocycles. The molecule has 0 bridgehead atoms. The van der Waals surface area contributed by atoms with Crippen LogP contribution >= 0.6 is 0 Å². The van der Waals surface area contributed by atoms with E-state index in [-0.39, 0.29) is 23.6 Å². The zero-order valence-electron chi connectivity index (χ0n) is 14.9. The van der Waals surface area contributed by atoms with Gasteiger partial charge in [0.05, 0.1) is 12.8 Å². The minimum absolute atomic E-state index is 0.0379. The highest BCUT2D eigenvalue weighted by Crippen LogP contribution is 2.49. The molecule has 0 spiro atoms. The van der Waals surface area contributed by atoms with Crippen molar-refractivity contribution in [2.45, 2.75) is 12.3 Å². The lowest BCUT2D eigenvalue weighted by Crippen LogP contribution is -2.49. The topological polar surface area (TPSA) is 32.8 Å². The number of methoxy groups -OCH3 is 1. The van der Waals surface area contributed by atoms with Crippen molar-refractivity contribution in [1.82, 2.24) is 4.90 Å². The smallest absolute Gasteiger partial charge is 0.226 e. The molecule has 136 valence electrons. The van der Waals surface area contributed by atoms with E-state index >= 15 is 0 Å². The number of rotatable bonds is 4. The standard InChI is InChI=1S/C21H23FN2O2/c1-26-20-9-5-4-8-19(20)23-10-12-24(13-11-23)21(25)17-14-16(17)15-6-2-3-7-18(15)22/h2-9,16-17H,10-14H2,1H3. The normalized spacial score (nSPS) is 22.2. The van der Waals surface area contributed by atoms with E-state index in [0.29, 0.717) is 18.7 Å². The summed E-state index contributed by atoms with van der Waals surface area (Å²) in [4.78, 5) is 17.0. The van der Waals surface area contributed by atoms with Crippen LogP contribution in [0.1, 0.15) is 17.9 Å². The molecule has 4 rings (SSSR count). The highest BCUT2D eigenvalue weighted by atomic mass is 19.1. The van der Waals surface area contributed by atoms with Gasteiger partial charge < -0.3 is 14.5 Å². The number of halogens is 1. The van der Waals surface area contributed by atoms with Gasteiger partial charge in [0, 0.05) is 32.1 Å². The first kappa shape index (κ1) is 16.9. The van der Waals surface area contributed by atoms with Gasteiger partial charge in [0.25, 0.3) is 0 Å². The lowest BCUT2D eigenvalue weighted by atomic mass is 10.1. The minimum atomic E-state index is -0.200. The van der Waals surface area contributed by atoms with E-state index in [9.17, 15) is 9.18 Å². The molecule has 2 aliphatic rings. The van der Waals surface area contributed by atoms with Crippen LogP contribution in [0.15, 0.2) is 48.5 Å². The van der Waals surface area contributed by atoms with Crippen LogP contribution in [-0.2, 0) is 4.79 Å². The summed E-state index contributed by atoms with van der Waals surface area (Å²) in [5, 5.41) is 0. The van der Waals surface area contributed by atoms with Gasteiger partial charge in [-0.25, -0.2) is 4.39 Å². The van der Waals surface area contributed by atoms with Crippen LogP contribution in [0.2, 0.25) is 0 Å². The van der Waals surface area contributed by atoms with Crippen LogP contribution in [0.5, 0.6) is 5.75 Å². The van der Waals surface area contributed by atoms with Crippen LogP contribution in [0.4, 0.5) is 10.1 Å². The highest BCUT2D eigenvalue weighted by Gasteiger charge is 2.47. The van der Waals surface area contributed by atoms with E-state index in [1.165, 1.54) is 6.07 Å². The molecule has 1 amide bonds. The number of benzene rings is 2. The maximum absolute atomic E-state index is 13.9. The molecule has 2 fully saturated rings. The maximum atomic E-state index is 13.9. The zero-order chi connectivity index (χ0) is 18.1. The summed E-state index contributed by atoms with van der Waals surface area (Å²) in [6, 6.07) is 14.8. The number of carbonyl (C=O) groups is 1. The van der Waals surface area contributed by atoms with Crippen molar-refractivity contribution in [3.05, 3.63) is 59.9 Å². The highest BCUT2D eigenvalue weighted by molar-refractivity contribution is 5.83. The summed E-state index contributed by atoms with van der Waals surface area (Å²) in [6.07, 6.45) is 0.756. The number of carbonyl (C=O) groups excluding carboxylic acids is 1. The SMILES string of the molecule is COc1ccccc1N1CCN(C(=O)C2CC2c2ccccc2F)CC1. The Labute approximate surface area is 153 Å². The average Bonchev–Trinajstić information content (AvgIpc) is 3.48. The van der Waals surface area contributed by atoms with Crippen LogP contribution in [-0.4, -0.2) is 44.1 Å². The molecular formula is C21H23FN2O2. The van der Waals surface area contributed by atoms with Gasteiger partial charge in [-0.15, -0.1) is 0 Å². The first-order chi connectivity index (χ1) is 12.7. The van der Waals surface area contributed by atoms with Gasteiger partial charge in [-0.05, 0) is 36.1 Å². The molecule has 2 unspecified atom stereocenters. The molecule has 1 aliphatic heterocycles. The number of anilines is 1. The van der Waals surface area contributed by atoms with Gasteiger partial charge in [0.2, 0.25) is 5.91 Å². The maximum Gasteiger partial charge on any atom is 0.226 e. The Morgan fingerprint density at radius 3 is 2.46 bits per heavy atom. The van der Waals surface area contributed by atoms with Crippen molar-refractivity contribution < 1.29 is 13.9 Å². The van der Waals surface area contributed by atoms with Gasteiger partial charge >= 0.3 is 0 Å². The molecule has 4 nitrogen and oxygen atoms in total. The summed E-state index contributed by atoms with van der Waals surface area (Å²) in [5.41, 5.74) is 1.75. The number of nitrogens with zero attached hydrogens (tertiary/aromatic N) is 2. The molecule has 1 aliphatic carbocycles. The second kappa shape index (κ2) is 6.98. The summed E-state index contributed by atoms with van der Waals surface area (Å²) in [7, 11) is 1.68. The second-order valence-corrected chi connectivity index (χ2v) is 6.95. The predicted molar refractivity (Wildman–Crippen MR) is 99.0 cm³/mol. The van der Waals surface area contributed by atoms with E-state index in [1.54, 1.807) is 19.2 Å². The van der Waals surface area contributed by atoms with Gasteiger partial charge in [-0.1, -0.05) is 30.3 Å². The molecule has 0 N–H and O–H groups in total. The first-order valence-electron chi connectivity index (χ1n) is 9.10. The molecule has 5 heteroatoms. The molecule has 1 heterocycles. The molecular weight excluding hydrogens is 331 g/mol. The number of hydrogen-bond acceptors (Lipinski definition) is 3. The van der Waals surface area contributed by atoms with E-state index in [1.807, 2.05) is 35.2 Å². The van der Waals surface area contributed by atoms with Crippen molar-refractivity contribution in [2.75, 3.05) is 38.2 Å². The van der Waals surface area contributed by atoms with E-state index in [4.69, 9.17) is 4.74 Å². The van der Waals surface area contributed by atoms with Gasteiger partial charge in [0.15, 0.2) is 0 Å².